The summed E-state index contributed by atoms with van der Waals surface area (Å²) in [5.74, 6) is 1.68. The molecule has 0 aliphatic heterocycles. The van der Waals surface area contributed by atoms with Crippen LogP contribution in [0.4, 0.5) is 5.69 Å². The molecule has 0 saturated carbocycles. The zero-order valence-electron chi connectivity index (χ0n) is 9.78. The van der Waals surface area contributed by atoms with Crippen molar-refractivity contribution in [2.24, 2.45) is 5.92 Å². The first-order valence-corrected chi connectivity index (χ1v) is 5.92. The van der Waals surface area contributed by atoms with E-state index in [4.69, 9.17) is 4.74 Å². The first kappa shape index (κ1) is 11.1. The summed E-state index contributed by atoms with van der Waals surface area (Å²) in [5, 5.41) is 3.48. The van der Waals surface area contributed by atoms with Gasteiger partial charge < -0.3 is 10.1 Å². The van der Waals surface area contributed by atoms with Gasteiger partial charge in [0.1, 0.15) is 5.75 Å². The minimum absolute atomic E-state index is 0.759. The van der Waals surface area contributed by atoms with Crippen molar-refractivity contribution in [1.82, 2.24) is 0 Å². The quantitative estimate of drug-likeness (QED) is 0.780. The Labute approximate surface area is 97.3 Å². The van der Waals surface area contributed by atoms with Gasteiger partial charge in [-0.25, -0.2) is 0 Å². The molecule has 0 amide bonds. The lowest BCUT2D eigenvalue weighted by Gasteiger charge is -2.19. The van der Waals surface area contributed by atoms with Gasteiger partial charge in [-0.3, -0.25) is 0 Å². The molecule has 1 aliphatic carbocycles. The summed E-state index contributed by atoms with van der Waals surface area (Å²) in [4.78, 5) is 0. The fraction of sp³-hybridized carbons (Fsp3) is 0.429. The van der Waals surface area contributed by atoms with Crippen LogP contribution in [-0.2, 0) is 0 Å². The smallest absolute Gasteiger partial charge is 0.141 e. The standard InChI is InChI=1S/C14H19NO/c1-16-14-10-6-5-9-13(14)15-11-12-7-3-2-4-8-12/h2-3,5-6,9-10,12,15H,4,7-8,11H2,1H3. The van der Waals surface area contributed by atoms with Crippen LogP contribution < -0.4 is 10.1 Å². The molecule has 1 aliphatic rings. The largest absolute Gasteiger partial charge is 0.495 e. The lowest BCUT2D eigenvalue weighted by Crippen LogP contribution is -2.15. The summed E-state index contributed by atoms with van der Waals surface area (Å²) < 4.78 is 5.31. The lowest BCUT2D eigenvalue weighted by molar-refractivity contribution is 0.415. The SMILES string of the molecule is COc1ccccc1NCC1CC=CCC1. The van der Waals surface area contributed by atoms with E-state index in [9.17, 15) is 0 Å². The molecule has 2 nitrogen and oxygen atoms in total. The van der Waals surface area contributed by atoms with Gasteiger partial charge in [-0.2, -0.15) is 0 Å². The third kappa shape index (κ3) is 2.78. The fourth-order valence-electron chi connectivity index (χ4n) is 2.09. The number of anilines is 1. The van der Waals surface area contributed by atoms with Crippen LogP contribution >= 0.6 is 0 Å². The van der Waals surface area contributed by atoms with E-state index < -0.39 is 0 Å². The molecule has 0 heterocycles. The van der Waals surface area contributed by atoms with Gasteiger partial charge in [0.15, 0.2) is 0 Å². The maximum Gasteiger partial charge on any atom is 0.141 e. The van der Waals surface area contributed by atoms with Crippen LogP contribution in [0, 0.1) is 5.92 Å². The zero-order chi connectivity index (χ0) is 11.2. The Morgan fingerprint density at radius 1 is 1.31 bits per heavy atom. The van der Waals surface area contributed by atoms with Crippen molar-refractivity contribution in [3.8, 4) is 5.75 Å². The van der Waals surface area contributed by atoms with Gasteiger partial charge in [-0.1, -0.05) is 24.3 Å². The zero-order valence-corrected chi connectivity index (χ0v) is 9.78. The van der Waals surface area contributed by atoms with Crippen LogP contribution in [0.5, 0.6) is 5.75 Å². The second-order valence-electron chi connectivity index (χ2n) is 4.23. The molecule has 0 fully saturated rings. The van der Waals surface area contributed by atoms with Crippen molar-refractivity contribution >= 4 is 5.69 Å². The topological polar surface area (TPSA) is 21.3 Å². The predicted molar refractivity (Wildman–Crippen MR) is 68.0 cm³/mol. The van der Waals surface area contributed by atoms with E-state index >= 15 is 0 Å². The molecule has 1 N–H and O–H groups in total. The van der Waals surface area contributed by atoms with Crippen molar-refractivity contribution in [2.45, 2.75) is 19.3 Å². The minimum atomic E-state index is 0.759. The molecule has 0 saturated heterocycles. The van der Waals surface area contributed by atoms with E-state index in [0.29, 0.717) is 0 Å². The third-order valence-corrected chi connectivity index (χ3v) is 3.07. The number of para-hydroxylation sites is 2. The Balaban J connectivity index is 1.91. The highest BCUT2D eigenvalue weighted by molar-refractivity contribution is 5.56. The molecular weight excluding hydrogens is 198 g/mol. The first-order chi connectivity index (χ1) is 7.90. The van der Waals surface area contributed by atoms with Crippen LogP contribution in [-0.4, -0.2) is 13.7 Å². The summed E-state index contributed by atoms with van der Waals surface area (Å²) in [6.45, 7) is 1.03. The molecule has 2 heteroatoms. The molecule has 1 aromatic rings. The van der Waals surface area contributed by atoms with Gasteiger partial charge >= 0.3 is 0 Å². The Kier molecular flexibility index (Phi) is 3.86. The predicted octanol–water partition coefficient (Wildman–Crippen LogP) is 3.46. The summed E-state index contributed by atoms with van der Waals surface area (Å²) in [6.07, 6.45) is 8.27. The average Bonchev–Trinajstić information content (AvgIpc) is 2.38. The van der Waals surface area contributed by atoms with E-state index in [2.05, 4.69) is 23.5 Å². The van der Waals surface area contributed by atoms with Gasteiger partial charge in [0, 0.05) is 6.54 Å². The Bertz CT molecular complexity index is 360. The van der Waals surface area contributed by atoms with Crippen LogP contribution in [0.2, 0.25) is 0 Å². The van der Waals surface area contributed by atoms with Gasteiger partial charge in [0.05, 0.1) is 12.8 Å². The average molecular weight is 217 g/mol. The third-order valence-electron chi connectivity index (χ3n) is 3.07. The van der Waals surface area contributed by atoms with Crippen molar-refractivity contribution in [2.75, 3.05) is 19.0 Å². The number of hydrogen-bond donors (Lipinski definition) is 1. The summed E-state index contributed by atoms with van der Waals surface area (Å²) in [7, 11) is 1.71. The number of ether oxygens (including phenoxy) is 1. The molecule has 1 unspecified atom stereocenters. The Hall–Kier alpha value is -1.44. The molecule has 0 bridgehead atoms. The van der Waals surface area contributed by atoms with Crippen LogP contribution in [0.1, 0.15) is 19.3 Å². The number of rotatable bonds is 4. The molecule has 0 radical (unpaired) electrons. The van der Waals surface area contributed by atoms with Crippen molar-refractivity contribution in [3.05, 3.63) is 36.4 Å². The summed E-state index contributed by atoms with van der Waals surface area (Å²) in [6, 6.07) is 8.08. The van der Waals surface area contributed by atoms with Crippen LogP contribution in [0.3, 0.4) is 0 Å². The molecule has 1 aromatic carbocycles. The lowest BCUT2D eigenvalue weighted by atomic mass is 9.94. The molecule has 1 atom stereocenters. The minimum Gasteiger partial charge on any atom is -0.495 e. The highest BCUT2D eigenvalue weighted by atomic mass is 16.5. The highest BCUT2D eigenvalue weighted by Crippen LogP contribution is 2.25. The number of hydrogen-bond acceptors (Lipinski definition) is 2. The molecule has 16 heavy (non-hydrogen) atoms. The molecular formula is C14H19NO. The van der Waals surface area contributed by atoms with Gasteiger partial charge in [-0.05, 0) is 37.3 Å². The Morgan fingerprint density at radius 3 is 2.94 bits per heavy atom. The van der Waals surface area contributed by atoms with Crippen LogP contribution in [0.15, 0.2) is 36.4 Å². The molecule has 2 rings (SSSR count). The number of benzene rings is 1. The Morgan fingerprint density at radius 2 is 2.19 bits per heavy atom. The normalized spacial score (nSPS) is 19.4. The number of nitrogens with one attached hydrogen (secondary N) is 1. The fourth-order valence-corrected chi connectivity index (χ4v) is 2.09. The van der Waals surface area contributed by atoms with Gasteiger partial charge in [0.25, 0.3) is 0 Å². The van der Waals surface area contributed by atoms with E-state index in [0.717, 1.165) is 23.9 Å². The highest BCUT2D eigenvalue weighted by Gasteiger charge is 2.10. The molecule has 0 spiro atoms. The van der Waals surface area contributed by atoms with Crippen molar-refractivity contribution in [1.29, 1.82) is 0 Å². The van der Waals surface area contributed by atoms with Gasteiger partial charge in [-0.15, -0.1) is 0 Å². The second kappa shape index (κ2) is 5.59. The number of allylic oxidation sites excluding steroid dienone is 2. The van der Waals surface area contributed by atoms with Gasteiger partial charge in [0.2, 0.25) is 0 Å². The maximum absolute atomic E-state index is 5.31. The molecule has 86 valence electrons. The van der Waals surface area contributed by atoms with Crippen molar-refractivity contribution < 1.29 is 4.74 Å². The monoisotopic (exact) mass is 217 g/mol. The van der Waals surface area contributed by atoms with E-state index in [1.54, 1.807) is 7.11 Å². The maximum atomic E-state index is 5.31. The van der Waals surface area contributed by atoms with E-state index in [1.807, 2.05) is 18.2 Å². The van der Waals surface area contributed by atoms with E-state index in [-0.39, 0.29) is 0 Å². The molecule has 0 aromatic heterocycles. The number of methoxy groups -OCH3 is 1. The van der Waals surface area contributed by atoms with E-state index in [1.165, 1.54) is 19.3 Å². The summed E-state index contributed by atoms with van der Waals surface area (Å²) in [5.41, 5.74) is 1.10. The van der Waals surface area contributed by atoms with Crippen LogP contribution in [0.25, 0.3) is 0 Å². The summed E-state index contributed by atoms with van der Waals surface area (Å²) >= 11 is 0. The first-order valence-electron chi connectivity index (χ1n) is 5.92. The second-order valence-corrected chi connectivity index (χ2v) is 4.23. The van der Waals surface area contributed by atoms with Crippen molar-refractivity contribution in [3.63, 3.8) is 0 Å².